The van der Waals surface area contributed by atoms with Crippen molar-refractivity contribution < 1.29 is 14.0 Å². The molecule has 1 fully saturated rings. The molecule has 0 spiro atoms. The molecule has 3 N–H and O–H groups in total. The van der Waals surface area contributed by atoms with Gasteiger partial charge in [0, 0.05) is 5.39 Å². The summed E-state index contributed by atoms with van der Waals surface area (Å²) in [6, 6.07) is 12.6. The van der Waals surface area contributed by atoms with Gasteiger partial charge in [-0.25, -0.2) is 4.39 Å². The monoisotopic (exact) mass is 452 g/mol. The van der Waals surface area contributed by atoms with E-state index in [2.05, 4.69) is 10.4 Å². The van der Waals surface area contributed by atoms with Crippen LogP contribution in [0.1, 0.15) is 68.9 Å². The van der Waals surface area contributed by atoms with Crippen LogP contribution in [0, 0.1) is 11.2 Å². The summed E-state index contributed by atoms with van der Waals surface area (Å²) in [5.41, 5.74) is 6.77. The lowest BCUT2D eigenvalue weighted by molar-refractivity contribution is -0.122. The number of fused-ring (bicyclic) bond motifs is 1. The Balaban J connectivity index is 0.000000541. The van der Waals surface area contributed by atoms with Crippen LogP contribution in [0.5, 0.6) is 0 Å². The molecule has 4 rings (SSSR count). The zero-order chi connectivity index (χ0) is 24.0. The summed E-state index contributed by atoms with van der Waals surface area (Å²) in [5, 5.41) is 7.84. The van der Waals surface area contributed by atoms with Crippen LogP contribution in [0.4, 0.5) is 4.39 Å². The van der Waals surface area contributed by atoms with E-state index in [9.17, 15) is 14.0 Å². The molecule has 1 aromatic heterocycles. The van der Waals surface area contributed by atoms with Crippen molar-refractivity contribution in [3.63, 3.8) is 0 Å². The molecule has 1 aliphatic carbocycles. The predicted octanol–water partition coefficient (Wildman–Crippen LogP) is 4.80. The molecule has 0 saturated heterocycles. The minimum atomic E-state index is -0.832. The third-order valence-electron chi connectivity index (χ3n) is 5.79. The molecule has 1 unspecified atom stereocenters. The van der Waals surface area contributed by atoms with Crippen LogP contribution in [0.3, 0.4) is 0 Å². The quantitative estimate of drug-likeness (QED) is 0.582. The Morgan fingerprint density at radius 2 is 1.61 bits per heavy atom. The van der Waals surface area contributed by atoms with E-state index < -0.39 is 23.3 Å². The number of para-hydroxylation sites is 1. The first-order chi connectivity index (χ1) is 15.7. The molecule has 2 aromatic carbocycles. The molecular formula is C26H33FN4O2. The molecule has 1 aliphatic rings. The number of carbonyl (C=O) groups is 2. The highest BCUT2D eigenvalue weighted by Gasteiger charge is 2.32. The van der Waals surface area contributed by atoms with Crippen LogP contribution in [0.2, 0.25) is 0 Å². The molecule has 0 aliphatic heterocycles. The summed E-state index contributed by atoms with van der Waals surface area (Å²) in [6.45, 7) is 5.86. The number of nitrogens with one attached hydrogen (secondary N) is 1. The van der Waals surface area contributed by atoms with Gasteiger partial charge < -0.3 is 11.1 Å². The first-order valence-electron chi connectivity index (χ1n) is 11.5. The zero-order valence-electron chi connectivity index (χ0n) is 19.6. The predicted molar refractivity (Wildman–Crippen MR) is 128 cm³/mol. The molecular weight excluding hydrogens is 419 g/mol. The van der Waals surface area contributed by atoms with Crippen LogP contribution >= 0.6 is 0 Å². The number of rotatable bonds is 5. The van der Waals surface area contributed by atoms with E-state index >= 15 is 0 Å². The van der Waals surface area contributed by atoms with Crippen molar-refractivity contribution in [2.75, 3.05) is 0 Å². The number of nitrogens with zero attached hydrogens (tertiary/aromatic N) is 2. The summed E-state index contributed by atoms with van der Waals surface area (Å²) in [6.07, 6.45) is 7.50. The minimum absolute atomic E-state index is 0.216. The average Bonchev–Trinajstić information content (AvgIpc) is 3.45. The topological polar surface area (TPSA) is 90.0 Å². The summed E-state index contributed by atoms with van der Waals surface area (Å²) >= 11 is 0. The van der Waals surface area contributed by atoms with E-state index in [-0.39, 0.29) is 11.5 Å². The van der Waals surface area contributed by atoms with E-state index in [0.29, 0.717) is 11.9 Å². The van der Waals surface area contributed by atoms with Gasteiger partial charge in [-0.2, -0.15) is 5.10 Å². The van der Waals surface area contributed by atoms with Crippen molar-refractivity contribution in [2.24, 2.45) is 11.1 Å². The highest BCUT2D eigenvalue weighted by molar-refractivity contribution is 6.06. The highest BCUT2D eigenvalue weighted by atomic mass is 19.1. The van der Waals surface area contributed by atoms with Crippen molar-refractivity contribution in [2.45, 2.75) is 65.5 Å². The maximum Gasteiger partial charge on any atom is 0.273 e. The van der Waals surface area contributed by atoms with Crippen LogP contribution in [-0.2, 0) is 11.3 Å². The maximum atomic E-state index is 13.2. The fourth-order valence-electron chi connectivity index (χ4n) is 3.98. The van der Waals surface area contributed by atoms with Crippen LogP contribution < -0.4 is 11.1 Å². The summed E-state index contributed by atoms with van der Waals surface area (Å²) < 4.78 is 14.8. The van der Waals surface area contributed by atoms with Gasteiger partial charge in [0.1, 0.15) is 11.9 Å². The van der Waals surface area contributed by atoms with E-state index in [4.69, 9.17) is 5.73 Å². The fourth-order valence-corrected chi connectivity index (χ4v) is 3.98. The summed E-state index contributed by atoms with van der Waals surface area (Å²) in [7, 11) is 0. The molecule has 3 aromatic rings. The van der Waals surface area contributed by atoms with Gasteiger partial charge in [-0.15, -0.1) is 0 Å². The summed E-state index contributed by atoms with van der Waals surface area (Å²) in [4.78, 5) is 24.7. The van der Waals surface area contributed by atoms with Crippen LogP contribution in [0.25, 0.3) is 10.9 Å². The number of hydrogen-bond donors (Lipinski definition) is 2. The van der Waals surface area contributed by atoms with Gasteiger partial charge in [0.25, 0.3) is 5.91 Å². The molecule has 2 amide bonds. The van der Waals surface area contributed by atoms with Gasteiger partial charge in [0.05, 0.1) is 12.1 Å². The van der Waals surface area contributed by atoms with Crippen molar-refractivity contribution >= 4 is 22.7 Å². The van der Waals surface area contributed by atoms with Crippen molar-refractivity contribution in [3.8, 4) is 0 Å². The van der Waals surface area contributed by atoms with Crippen molar-refractivity contribution in [3.05, 3.63) is 65.6 Å². The molecule has 6 nitrogen and oxygen atoms in total. The second-order valence-electron chi connectivity index (χ2n) is 9.59. The van der Waals surface area contributed by atoms with E-state index in [1.165, 1.54) is 44.2 Å². The van der Waals surface area contributed by atoms with Gasteiger partial charge in [0.2, 0.25) is 5.91 Å². The SMILES string of the molecule is C1CCCC1.CC(C)(C)C(NC(=O)c1nn(Cc2ccc(F)cc2)c2ccccc12)C(N)=O. The Bertz CT molecular complexity index is 1090. The van der Waals surface area contributed by atoms with Gasteiger partial charge in [-0.3, -0.25) is 14.3 Å². The fraction of sp³-hybridized carbons (Fsp3) is 0.423. The Morgan fingerprint density at radius 1 is 1.03 bits per heavy atom. The van der Waals surface area contributed by atoms with Gasteiger partial charge >= 0.3 is 0 Å². The highest BCUT2D eigenvalue weighted by Crippen LogP contribution is 2.23. The maximum absolute atomic E-state index is 13.2. The van der Waals surface area contributed by atoms with Crippen molar-refractivity contribution in [1.82, 2.24) is 15.1 Å². The van der Waals surface area contributed by atoms with Gasteiger partial charge in [-0.1, -0.05) is 83.2 Å². The third kappa shape index (κ3) is 6.40. The Hall–Kier alpha value is -3.22. The number of halogens is 1. The molecule has 1 heterocycles. The number of primary amides is 1. The lowest BCUT2D eigenvalue weighted by Gasteiger charge is -2.28. The normalized spacial score (nSPS) is 14.4. The smallest absolute Gasteiger partial charge is 0.273 e. The Labute approximate surface area is 194 Å². The second-order valence-corrected chi connectivity index (χ2v) is 9.59. The van der Waals surface area contributed by atoms with Crippen LogP contribution in [-0.4, -0.2) is 27.6 Å². The standard InChI is InChI=1S/C21H23FN4O2.C5H10/c1-21(2,3)18(19(23)27)24-20(28)17-15-6-4-5-7-16(15)26(25-17)12-13-8-10-14(22)11-9-13;1-2-4-5-3-1/h4-11,18H,12H2,1-3H3,(H2,23,27)(H,24,28);1-5H2. The molecule has 0 radical (unpaired) electrons. The van der Waals surface area contributed by atoms with Gasteiger partial charge in [-0.05, 0) is 29.2 Å². The van der Waals surface area contributed by atoms with E-state index in [0.717, 1.165) is 11.1 Å². The minimum Gasteiger partial charge on any atom is -0.368 e. The molecule has 176 valence electrons. The first kappa shape index (κ1) is 24.4. The lowest BCUT2D eigenvalue weighted by atomic mass is 9.86. The number of aromatic nitrogens is 2. The second kappa shape index (κ2) is 10.6. The lowest BCUT2D eigenvalue weighted by Crippen LogP contribution is -2.52. The van der Waals surface area contributed by atoms with Gasteiger partial charge in [0.15, 0.2) is 5.69 Å². The average molecular weight is 453 g/mol. The number of benzene rings is 2. The third-order valence-corrected chi connectivity index (χ3v) is 5.79. The Morgan fingerprint density at radius 3 is 2.15 bits per heavy atom. The van der Waals surface area contributed by atoms with E-state index in [1.807, 2.05) is 39.0 Å². The molecule has 1 saturated carbocycles. The number of hydrogen-bond acceptors (Lipinski definition) is 3. The zero-order valence-corrected chi connectivity index (χ0v) is 19.6. The number of amides is 2. The number of carbonyl (C=O) groups excluding carboxylic acids is 2. The largest absolute Gasteiger partial charge is 0.368 e. The van der Waals surface area contributed by atoms with Crippen LogP contribution in [0.15, 0.2) is 48.5 Å². The molecule has 0 bridgehead atoms. The molecule has 33 heavy (non-hydrogen) atoms. The summed E-state index contributed by atoms with van der Waals surface area (Å²) in [5.74, 6) is -1.38. The van der Waals surface area contributed by atoms with Crippen molar-refractivity contribution in [1.29, 1.82) is 0 Å². The molecule has 7 heteroatoms. The Kier molecular flexibility index (Phi) is 7.84. The first-order valence-corrected chi connectivity index (χ1v) is 11.5. The van der Waals surface area contributed by atoms with E-state index in [1.54, 1.807) is 22.9 Å². The molecule has 1 atom stereocenters. The number of nitrogens with two attached hydrogens (primary N) is 1.